The van der Waals surface area contributed by atoms with Gasteiger partial charge in [-0.2, -0.15) is 0 Å². The first kappa shape index (κ1) is 29.4. The van der Waals surface area contributed by atoms with Crippen LogP contribution >= 0.6 is 0 Å². The van der Waals surface area contributed by atoms with Crippen LogP contribution in [0, 0.1) is 0 Å². The molecule has 0 aliphatic rings. The fourth-order valence-corrected chi connectivity index (χ4v) is 3.21. The van der Waals surface area contributed by atoms with Gasteiger partial charge in [0.1, 0.15) is 24.0 Å². The number of nitrogens with one attached hydrogen (secondary N) is 2. The van der Waals surface area contributed by atoms with Gasteiger partial charge in [-0.25, -0.2) is 9.59 Å². The number of hydrogen-bond acceptors (Lipinski definition) is 8. The second-order valence-electron chi connectivity index (χ2n) is 9.24. The summed E-state index contributed by atoms with van der Waals surface area (Å²) in [6.45, 7) is 4.72. The third-order valence-electron chi connectivity index (χ3n) is 4.97. The summed E-state index contributed by atoms with van der Waals surface area (Å²) in [4.78, 5) is 38.7. The van der Waals surface area contributed by atoms with Crippen molar-refractivity contribution in [2.75, 3.05) is 31.6 Å². The molecule has 0 heterocycles. The zero-order valence-electron chi connectivity index (χ0n) is 21.3. The third-order valence-corrected chi connectivity index (χ3v) is 4.97. The lowest BCUT2D eigenvalue weighted by molar-refractivity contribution is -0.118. The van der Waals surface area contributed by atoms with Gasteiger partial charge in [-0.15, -0.1) is 0 Å². The maximum atomic E-state index is 13.0. The first-order valence-corrected chi connectivity index (χ1v) is 11.8. The molecule has 5 N–H and O–H groups in total. The first-order valence-electron chi connectivity index (χ1n) is 11.8. The van der Waals surface area contributed by atoms with Crippen molar-refractivity contribution >= 4 is 23.8 Å². The summed E-state index contributed by atoms with van der Waals surface area (Å²) in [6, 6.07) is 11.9. The Kier molecular flexibility index (Phi) is 11.2. The number of hydrogen-bond donors (Lipinski definition) is 5. The quantitative estimate of drug-likeness (QED) is 0.304. The molecule has 37 heavy (non-hydrogen) atoms. The van der Waals surface area contributed by atoms with Crippen LogP contribution in [0.2, 0.25) is 0 Å². The van der Waals surface area contributed by atoms with E-state index >= 15 is 0 Å². The van der Waals surface area contributed by atoms with Crippen LogP contribution in [0.4, 0.5) is 15.3 Å². The van der Waals surface area contributed by atoms with Crippen molar-refractivity contribution in [1.82, 2.24) is 10.2 Å². The minimum absolute atomic E-state index is 0.0376. The minimum atomic E-state index is -0.955. The smallest absolute Gasteiger partial charge is 0.410 e. The van der Waals surface area contributed by atoms with E-state index in [4.69, 9.17) is 19.7 Å². The molecule has 0 saturated heterocycles. The van der Waals surface area contributed by atoms with Crippen molar-refractivity contribution in [3.8, 4) is 5.75 Å². The van der Waals surface area contributed by atoms with Crippen molar-refractivity contribution in [2.24, 2.45) is 0 Å². The fraction of sp³-hybridized carbons (Fsp3) is 0.423. The van der Waals surface area contributed by atoms with Crippen LogP contribution in [0.1, 0.15) is 31.9 Å². The van der Waals surface area contributed by atoms with Gasteiger partial charge in [0.2, 0.25) is 5.91 Å². The first-order chi connectivity index (χ1) is 17.5. The Labute approximate surface area is 216 Å². The molecule has 0 aromatic heterocycles. The molecule has 3 amide bonds. The number of phenols is 1. The lowest BCUT2D eigenvalue weighted by Gasteiger charge is -2.23. The number of nitrogens with zero attached hydrogens (tertiary/aromatic N) is 1. The molecule has 0 aliphatic heterocycles. The van der Waals surface area contributed by atoms with Gasteiger partial charge in [-0.1, -0.05) is 24.3 Å². The zero-order valence-corrected chi connectivity index (χ0v) is 21.3. The third kappa shape index (κ3) is 10.8. The lowest BCUT2D eigenvalue weighted by atomic mass is 10.0. The number of benzene rings is 2. The Morgan fingerprint density at radius 1 is 0.919 bits per heavy atom. The highest BCUT2D eigenvalue weighted by Gasteiger charge is 2.25. The van der Waals surface area contributed by atoms with Crippen molar-refractivity contribution in [1.29, 1.82) is 0 Å². The summed E-state index contributed by atoms with van der Waals surface area (Å²) in [5.41, 5.74) is 1.11. The van der Waals surface area contributed by atoms with Crippen LogP contribution in [-0.2, 0) is 27.3 Å². The summed E-state index contributed by atoms with van der Waals surface area (Å²) in [5.74, 6) is -0.383. The number of carbonyl (C=O) groups excluding carboxylic acids is 3. The number of aromatic hydroxyl groups is 1. The molecule has 11 heteroatoms. The molecule has 0 saturated carbocycles. The monoisotopic (exact) mass is 517 g/mol. The number of rotatable bonds is 11. The highest BCUT2D eigenvalue weighted by Crippen LogP contribution is 2.15. The number of alkyl carbamates (subject to hydrolysis) is 1. The van der Waals surface area contributed by atoms with Gasteiger partial charge in [0.25, 0.3) is 0 Å². The Morgan fingerprint density at radius 3 is 2.03 bits per heavy atom. The molecular weight excluding hydrogens is 482 g/mol. The van der Waals surface area contributed by atoms with E-state index < -0.39 is 29.7 Å². The van der Waals surface area contributed by atoms with Crippen LogP contribution < -0.4 is 10.6 Å². The van der Waals surface area contributed by atoms with Gasteiger partial charge < -0.3 is 40.3 Å². The summed E-state index contributed by atoms with van der Waals surface area (Å²) in [5, 5.41) is 32.9. The highest BCUT2D eigenvalue weighted by molar-refractivity contribution is 5.96. The average Bonchev–Trinajstić information content (AvgIpc) is 2.83. The van der Waals surface area contributed by atoms with E-state index in [0.29, 0.717) is 11.3 Å². The molecule has 11 nitrogen and oxygen atoms in total. The van der Waals surface area contributed by atoms with Gasteiger partial charge in [-0.3, -0.25) is 4.79 Å². The van der Waals surface area contributed by atoms with E-state index in [9.17, 15) is 19.5 Å². The maximum absolute atomic E-state index is 13.0. The second kappa shape index (κ2) is 14.0. The predicted molar refractivity (Wildman–Crippen MR) is 136 cm³/mol. The van der Waals surface area contributed by atoms with Gasteiger partial charge in [0.05, 0.1) is 13.2 Å². The summed E-state index contributed by atoms with van der Waals surface area (Å²) in [7, 11) is 0. The number of aliphatic hydroxyl groups is 2. The molecule has 2 aromatic carbocycles. The fourth-order valence-electron chi connectivity index (χ4n) is 3.21. The summed E-state index contributed by atoms with van der Waals surface area (Å²) < 4.78 is 10.5. The van der Waals surface area contributed by atoms with Crippen LogP contribution in [0.5, 0.6) is 5.75 Å². The topological polar surface area (TPSA) is 158 Å². The lowest BCUT2D eigenvalue weighted by Crippen LogP contribution is -2.47. The molecule has 0 spiro atoms. The van der Waals surface area contributed by atoms with E-state index in [1.807, 2.05) is 0 Å². The molecule has 2 rings (SSSR count). The molecule has 0 bridgehead atoms. The van der Waals surface area contributed by atoms with Crippen LogP contribution in [-0.4, -0.2) is 76.3 Å². The molecule has 0 radical (unpaired) electrons. The van der Waals surface area contributed by atoms with Crippen molar-refractivity contribution in [3.05, 3.63) is 59.7 Å². The standard InChI is InChI=1S/C26H35N3O8/c1-26(2,3)37-24(34)28-22(16-18-6-10-21(32)11-7-18)23(33)27-20-8-4-19(5-9-20)17-36-25(35)29(12-14-30)13-15-31/h4-11,22,30-32H,12-17H2,1-3H3,(H,27,33)(H,28,34)/t22-/m0/s1. The molecule has 2 aromatic rings. The number of phenolic OH excluding ortho intramolecular Hbond substituents is 1. The Bertz CT molecular complexity index is 1010. The van der Waals surface area contributed by atoms with Crippen LogP contribution in [0.25, 0.3) is 0 Å². The largest absolute Gasteiger partial charge is 0.508 e. The summed E-state index contributed by atoms with van der Waals surface area (Å²) >= 11 is 0. The maximum Gasteiger partial charge on any atom is 0.410 e. The summed E-state index contributed by atoms with van der Waals surface area (Å²) in [6.07, 6.45) is -1.23. The van der Waals surface area contributed by atoms with Gasteiger partial charge in [0, 0.05) is 25.2 Å². The number of carbonyl (C=O) groups is 3. The average molecular weight is 518 g/mol. The van der Waals surface area contributed by atoms with E-state index in [1.54, 1.807) is 57.2 Å². The Balaban J connectivity index is 2.03. The van der Waals surface area contributed by atoms with E-state index in [0.717, 1.165) is 5.56 Å². The molecule has 0 aliphatic carbocycles. The predicted octanol–water partition coefficient (Wildman–Crippen LogP) is 2.39. The number of anilines is 1. The van der Waals surface area contributed by atoms with Gasteiger partial charge >= 0.3 is 12.2 Å². The molecule has 0 fully saturated rings. The Morgan fingerprint density at radius 2 is 1.49 bits per heavy atom. The number of aliphatic hydroxyl groups excluding tert-OH is 2. The highest BCUT2D eigenvalue weighted by atomic mass is 16.6. The van der Waals surface area contributed by atoms with E-state index in [1.165, 1.54) is 17.0 Å². The normalized spacial score (nSPS) is 11.8. The molecular formula is C26H35N3O8. The van der Waals surface area contributed by atoms with E-state index in [-0.39, 0.29) is 45.1 Å². The zero-order chi connectivity index (χ0) is 27.4. The van der Waals surface area contributed by atoms with Crippen LogP contribution in [0.3, 0.4) is 0 Å². The minimum Gasteiger partial charge on any atom is -0.508 e. The van der Waals surface area contributed by atoms with Crippen molar-refractivity contribution in [3.63, 3.8) is 0 Å². The molecule has 202 valence electrons. The number of ether oxygens (including phenoxy) is 2. The van der Waals surface area contributed by atoms with Crippen molar-refractivity contribution in [2.45, 2.75) is 45.4 Å². The second-order valence-corrected chi connectivity index (χ2v) is 9.24. The van der Waals surface area contributed by atoms with Crippen LogP contribution in [0.15, 0.2) is 48.5 Å². The Hall–Kier alpha value is -3.83. The number of amides is 3. The van der Waals surface area contributed by atoms with E-state index in [2.05, 4.69) is 10.6 Å². The van der Waals surface area contributed by atoms with Gasteiger partial charge in [-0.05, 0) is 56.2 Å². The molecule has 1 atom stereocenters. The molecule has 0 unspecified atom stereocenters. The van der Waals surface area contributed by atoms with Gasteiger partial charge in [0.15, 0.2) is 0 Å². The SMILES string of the molecule is CC(C)(C)OC(=O)N[C@@H](Cc1ccc(O)cc1)C(=O)Nc1ccc(COC(=O)N(CCO)CCO)cc1. The van der Waals surface area contributed by atoms with Crippen molar-refractivity contribution < 1.29 is 39.2 Å².